The van der Waals surface area contributed by atoms with Gasteiger partial charge in [0.15, 0.2) is 0 Å². The SMILES string of the molecule is NNC(c1ccc(Cl)c(Br)c1)c1ccco1. The Labute approximate surface area is 107 Å². The lowest BCUT2D eigenvalue weighted by Crippen LogP contribution is -2.28. The van der Waals surface area contributed by atoms with Gasteiger partial charge in [0.2, 0.25) is 0 Å². The van der Waals surface area contributed by atoms with Gasteiger partial charge in [0.1, 0.15) is 11.8 Å². The van der Waals surface area contributed by atoms with Crippen LogP contribution in [0.1, 0.15) is 17.4 Å². The summed E-state index contributed by atoms with van der Waals surface area (Å²) in [6.45, 7) is 0. The summed E-state index contributed by atoms with van der Waals surface area (Å²) in [7, 11) is 0. The molecule has 3 nitrogen and oxygen atoms in total. The van der Waals surface area contributed by atoms with E-state index in [1.54, 1.807) is 6.26 Å². The number of nitrogens with one attached hydrogen (secondary N) is 1. The second kappa shape index (κ2) is 5.01. The summed E-state index contributed by atoms with van der Waals surface area (Å²) in [4.78, 5) is 0. The van der Waals surface area contributed by atoms with Gasteiger partial charge in [0.05, 0.1) is 11.3 Å². The van der Waals surface area contributed by atoms with Crippen LogP contribution in [0, 0.1) is 0 Å². The van der Waals surface area contributed by atoms with E-state index >= 15 is 0 Å². The highest BCUT2D eigenvalue weighted by Crippen LogP contribution is 2.28. The van der Waals surface area contributed by atoms with Crippen molar-refractivity contribution in [1.29, 1.82) is 0 Å². The molecule has 0 aliphatic rings. The van der Waals surface area contributed by atoms with Crippen LogP contribution in [0.4, 0.5) is 0 Å². The third-order valence-corrected chi connectivity index (χ3v) is 3.49. The van der Waals surface area contributed by atoms with Gasteiger partial charge < -0.3 is 4.42 Å². The number of hydrazine groups is 1. The zero-order chi connectivity index (χ0) is 11.5. The zero-order valence-electron chi connectivity index (χ0n) is 8.28. The van der Waals surface area contributed by atoms with Crippen molar-refractivity contribution in [1.82, 2.24) is 5.43 Å². The Hall–Kier alpha value is -0.810. The van der Waals surface area contributed by atoms with Crippen LogP contribution in [-0.4, -0.2) is 0 Å². The van der Waals surface area contributed by atoms with Crippen molar-refractivity contribution >= 4 is 27.5 Å². The summed E-state index contributed by atoms with van der Waals surface area (Å²) in [6.07, 6.45) is 1.62. The van der Waals surface area contributed by atoms with Crippen molar-refractivity contribution in [2.45, 2.75) is 6.04 Å². The number of halogens is 2. The molecule has 0 radical (unpaired) electrons. The number of hydrogen-bond donors (Lipinski definition) is 2. The minimum Gasteiger partial charge on any atom is -0.467 e. The van der Waals surface area contributed by atoms with E-state index in [2.05, 4.69) is 21.4 Å². The van der Waals surface area contributed by atoms with Crippen molar-refractivity contribution in [2.24, 2.45) is 5.84 Å². The Morgan fingerprint density at radius 3 is 2.75 bits per heavy atom. The van der Waals surface area contributed by atoms with Crippen molar-refractivity contribution in [3.8, 4) is 0 Å². The fraction of sp³-hybridized carbons (Fsp3) is 0.0909. The summed E-state index contributed by atoms with van der Waals surface area (Å²) in [5.74, 6) is 6.29. The number of rotatable bonds is 3. The van der Waals surface area contributed by atoms with E-state index in [-0.39, 0.29) is 6.04 Å². The standard InChI is InChI=1S/C11H10BrClN2O/c12-8-6-7(3-4-9(8)13)11(15-14)10-2-1-5-16-10/h1-6,11,15H,14H2. The topological polar surface area (TPSA) is 51.2 Å². The molecule has 5 heteroatoms. The van der Waals surface area contributed by atoms with Gasteiger partial charge in [-0.15, -0.1) is 0 Å². The van der Waals surface area contributed by atoms with Crippen LogP contribution >= 0.6 is 27.5 Å². The number of benzene rings is 1. The Morgan fingerprint density at radius 1 is 1.38 bits per heavy atom. The van der Waals surface area contributed by atoms with E-state index in [4.69, 9.17) is 21.9 Å². The first-order valence-corrected chi connectivity index (χ1v) is 5.84. The molecule has 0 aliphatic carbocycles. The molecule has 0 bridgehead atoms. The molecule has 0 saturated carbocycles. The smallest absolute Gasteiger partial charge is 0.126 e. The first-order chi connectivity index (χ1) is 7.72. The van der Waals surface area contributed by atoms with Gasteiger partial charge >= 0.3 is 0 Å². The Balaban J connectivity index is 2.37. The third kappa shape index (κ3) is 2.30. The maximum absolute atomic E-state index is 5.93. The fourth-order valence-electron chi connectivity index (χ4n) is 1.49. The highest BCUT2D eigenvalue weighted by Gasteiger charge is 2.15. The van der Waals surface area contributed by atoms with Gasteiger partial charge in [-0.1, -0.05) is 17.7 Å². The molecular formula is C11H10BrClN2O. The average Bonchev–Trinajstić information content (AvgIpc) is 2.78. The van der Waals surface area contributed by atoms with Crippen molar-refractivity contribution in [2.75, 3.05) is 0 Å². The maximum Gasteiger partial charge on any atom is 0.126 e. The number of nitrogens with two attached hydrogens (primary N) is 1. The van der Waals surface area contributed by atoms with Crippen LogP contribution < -0.4 is 11.3 Å². The number of furan rings is 1. The Bertz CT molecular complexity index is 473. The van der Waals surface area contributed by atoms with Crippen LogP contribution in [0.2, 0.25) is 5.02 Å². The van der Waals surface area contributed by atoms with E-state index in [0.717, 1.165) is 15.8 Å². The quantitative estimate of drug-likeness (QED) is 0.676. The predicted molar refractivity (Wildman–Crippen MR) is 67.0 cm³/mol. The van der Waals surface area contributed by atoms with E-state index < -0.39 is 0 Å². The van der Waals surface area contributed by atoms with Gasteiger partial charge in [-0.25, -0.2) is 5.43 Å². The van der Waals surface area contributed by atoms with Gasteiger partial charge in [-0.3, -0.25) is 5.84 Å². The molecule has 84 valence electrons. The largest absolute Gasteiger partial charge is 0.467 e. The van der Waals surface area contributed by atoms with Crippen molar-refractivity contribution in [3.05, 3.63) is 57.4 Å². The summed E-state index contributed by atoms with van der Waals surface area (Å²) in [5.41, 5.74) is 3.69. The van der Waals surface area contributed by atoms with E-state index in [0.29, 0.717) is 5.02 Å². The molecule has 0 amide bonds. The third-order valence-electron chi connectivity index (χ3n) is 2.27. The second-order valence-electron chi connectivity index (χ2n) is 3.29. The van der Waals surface area contributed by atoms with Crippen LogP contribution in [0.5, 0.6) is 0 Å². The zero-order valence-corrected chi connectivity index (χ0v) is 10.6. The first kappa shape index (κ1) is 11.7. The van der Waals surface area contributed by atoms with E-state index in [9.17, 15) is 0 Å². The summed E-state index contributed by atoms with van der Waals surface area (Å²) in [5, 5.41) is 0.666. The molecule has 0 aliphatic heterocycles. The minimum atomic E-state index is -0.177. The van der Waals surface area contributed by atoms with Gasteiger partial charge in [0.25, 0.3) is 0 Å². The van der Waals surface area contributed by atoms with Gasteiger partial charge in [-0.05, 0) is 45.8 Å². The van der Waals surface area contributed by atoms with Crippen LogP contribution in [0.3, 0.4) is 0 Å². The number of hydrogen-bond acceptors (Lipinski definition) is 3. The summed E-state index contributed by atoms with van der Waals surface area (Å²) >= 11 is 9.31. The molecule has 2 aromatic rings. The van der Waals surface area contributed by atoms with E-state index in [1.807, 2.05) is 30.3 Å². The molecule has 1 atom stereocenters. The molecule has 0 spiro atoms. The predicted octanol–water partition coefficient (Wildman–Crippen LogP) is 3.25. The molecule has 1 aromatic heterocycles. The molecular weight excluding hydrogens is 291 g/mol. The lowest BCUT2D eigenvalue weighted by Gasteiger charge is -2.14. The summed E-state index contributed by atoms with van der Waals surface area (Å²) < 4.78 is 6.15. The second-order valence-corrected chi connectivity index (χ2v) is 4.55. The molecule has 2 rings (SSSR count). The lowest BCUT2D eigenvalue weighted by molar-refractivity contribution is 0.452. The monoisotopic (exact) mass is 300 g/mol. The highest BCUT2D eigenvalue weighted by molar-refractivity contribution is 9.10. The Morgan fingerprint density at radius 2 is 2.19 bits per heavy atom. The molecule has 1 unspecified atom stereocenters. The molecule has 3 N–H and O–H groups in total. The van der Waals surface area contributed by atoms with Crippen LogP contribution in [-0.2, 0) is 0 Å². The first-order valence-electron chi connectivity index (χ1n) is 4.67. The normalized spacial score (nSPS) is 12.7. The molecule has 0 fully saturated rings. The van der Waals surface area contributed by atoms with E-state index in [1.165, 1.54) is 0 Å². The minimum absolute atomic E-state index is 0.177. The van der Waals surface area contributed by atoms with Gasteiger partial charge in [0, 0.05) is 4.47 Å². The van der Waals surface area contributed by atoms with Crippen LogP contribution in [0.25, 0.3) is 0 Å². The molecule has 0 saturated heterocycles. The van der Waals surface area contributed by atoms with Crippen LogP contribution in [0.15, 0.2) is 45.5 Å². The lowest BCUT2D eigenvalue weighted by atomic mass is 10.1. The van der Waals surface area contributed by atoms with Gasteiger partial charge in [-0.2, -0.15) is 0 Å². The highest BCUT2D eigenvalue weighted by atomic mass is 79.9. The van der Waals surface area contributed by atoms with Crippen molar-refractivity contribution < 1.29 is 4.42 Å². The fourth-order valence-corrected chi connectivity index (χ4v) is 2.00. The summed E-state index contributed by atoms with van der Waals surface area (Å²) in [6, 6.07) is 9.14. The average molecular weight is 302 g/mol. The Kier molecular flexibility index (Phi) is 3.66. The van der Waals surface area contributed by atoms with Crippen molar-refractivity contribution in [3.63, 3.8) is 0 Å². The maximum atomic E-state index is 5.93. The molecule has 1 aromatic carbocycles. The molecule has 1 heterocycles. The molecule has 16 heavy (non-hydrogen) atoms.